The number of hydrogen-bond acceptors (Lipinski definition) is 2. The van der Waals surface area contributed by atoms with Crippen molar-refractivity contribution in [2.75, 3.05) is 11.1 Å². The van der Waals surface area contributed by atoms with Crippen molar-refractivity contribution in [2.24, 2.45) is 0 Å². The summed E-state index contributed by atoms with van der Waals surface area (Å²) in [6, 6.07) is 3.79. The molecule has 0 saturated heterocycles. The zero-order chi connectivity index (χ0) is 10.7. The Morgan fingerprint density at radius 1 is 1.36 bits per heavy atom. The highest BCUT2D eigenvalue weighted by atomic mass is 35.5. The minimum absolute atomic E-state index is 0.370. The molecule has 0 saturated carbocycles. The topological polar surface area (TPSA) is 38.0 Å². The Kier molecular flexibility index (Phi) is 3.90. The Morgan fingerprint density at radius 3 is 2.50 bits per heavy atom. The molecule has 1 atom stereocenters. The molecule has 1 aromatic rings. The number of hydrogen-bond donors (Lipinski definition) is 2. The van der Waals surface area contributed by atoms with Crippen LogP contribution >= 0.6 is 23.2 Å². The molecule has 0 amide bonds. The summed E-state index contributed by atoms with van der Waals surface area (Å²) < 4.78 is 0. The van der Waals surface area contributed by atoms with Crippen molar-refractivity contribution in [3.8, 4) is 0 Å². The number of benzene rings is 1. The van der Waals surface area contributed by atoms with Gasteiger partial charge < -0.3 is 11.1 Å². The summed E-state index contributed by atoms with van der Waals surface area (Å²) >= 11 is 11.7. The summed E-state index contributed by atoms with van der Waals surface area (Å²) in [6.45, 7) is 4.19. The lowest BCUT2D eigenvalue weighted by Gasteiger charge is -2.15. The number of rotatable bonds is 3. The van der Waals surface area contributed by atoms with Crippen LogP contribution in [0.15, 0.2) is 12.1 Å². The Hall–Kier alpha value is -0.600. The maximum absolute atomic E-state index is 5.88. The Morgan fingerprint density at radius 2 is 1.93 bits per heavy atom. The molecule has 0 fully saturated rings. The van der Waals surface area contributed by atoms with Gasteiger partial charge in [-0.25, -0.2) is 0 Å². The Bertz CT molecular complexity index is 326. The summed E-state index contributed by atoms with van der Waals surface area (Å²) in [5.41, 5.74) is 7.25. The highest BCUT2D eigenvalue weighted by Gasteiger charge is 2.06. The van der Waals surface area contributed by atoms with Crippen molar-refractivity contribution in [1.82, 2.24) is 0 Å². The second kappa shape index (κ2) is 4.76. The fourth-order valence-corrected chi connectivity index (χ4v) is 1.39. The van der Waals surface area contributed by atoms with Gasteiger partial charge in [0.05, 0.1) is 21.4 Å². The molecule has 0 radical (unpaired) electrons. The molecule has 14 heavy (non-hydrogen) atoms. The van der Waals surface area contributed by atoms with Crippen LogP contribution in [0.4, 0.5) is 11.4 Å². The van der Waals surface area contributed by atoms with E-state index in [0.29, 0.717) is 21.8 Å². The van der Waals surface area contributed by atoms with E-state index in [4.69, 9.17) is 28.9 Å². The fourth-order valence-electron chi connectivity index (χ4n) is 1.05. The van der Waals surface area contributed by atoms with Gasteiger partial charge in [-0.15, -0.1) is 0 Å². The van der Waals surface area contributed by atoms with E-state index < -0.39 is 0 Å². The van der Waals surface area contributed by atoms with E-state index in [1.165, 1.54) is 0 Å². The molecular formula is C10H14Cl2N2. The van der Waals surface area contributed by atoms with Crippen molar-refractivity contribution in [1.29, 1.82) is 0 Å². The molecule has 0 aromatic heterocycles. The quantitative estimate of drug-likeness (QED) is 0.779. The van der Waals surface area contributed by atoms with E-state index in [-0.39, 0.29) is 0 Å². The van der Waals surface area contributed by atoms with Crippen molar-refractivity contribution in [3.63, 3.8) is 0 Å². The van der Waals surface area contributed by atoms with Crippen molar-refractivity contribution in [3.05, 3.63) is 22.2 Å². The molecule has 0 spiro atoms. The second-order valence-electron chi connectivity index (χ2n) is 3.31. The van der Waals surface area contributed by atoms with Gasteiger partial charge in [-0.05, 0) is 25.5 Å². The first-order valence-corrected chi connectivity index (χ1v) is 5.31. The molecule has 1 aromatic carbocycles. The number of nitrogen functional groups attached to an aromatic ring is 1. The van der Waals surface area contributed by atoms with E-state index in [0.717, 1.165) is 12.1 Å². The molecule has 0 aliphatic rings. The van der Waals surface area contributed by atoms with Gasteiger partial charge in [0.25, 0.3) is 0 Å². The molecule has 4 heteroatoms. The zero-order valence-electron chi connectivity index (χ0n) is 8.27. The standard InChI is InChI=1S/C10H14Cl2N2/c1-3-6(2)14-10-5-8(12)7(11)4-9(10)13/h4-6,14H,3,13H2,1-2H3. The van der Waals surface area contributed by atoms with Gasteiger partial charge in [-0.1, -0.05) is 30.1 Å². The number of nitrogens with two attached hydrogens (primary N) is 1. The van der Waals surface area contributed by atoms with Crippen molar-refractivity contribution in [2.45, 2.75) is 26.3 Å². The third-order valence-corrected chi connectivity index (χ3v) is 2.83. The minimum Gasteiger partial charge on any atom is -0.397 e. The Balaban J connectivity index is 2.92. The third-order valence-electron chi connectivity index (χ3n) is 2.11. The molecule has 0 aliphatic carbocycles. The predicted molar refractivity (Wildman–Crippen MR) is 64.3 cm³/mol. The van der Waals surface area contributed by atoms with Gasteiger partial charge in [0.2, 0.25) is 0 Å². The number of halogens is 2. The van der Waals surface area contributed by atoms with Crippen LogP contribution in [0.5, 0.6) is 0 Å². The van der Waals surface area contributed by atoms with Gasteiger partial charge in [-0.2, -0.15) is 0 Å². The zero-order valence-corrected chi connectivity index (χ0v) is 9.78. The first kappa shape index (κ1) is 11.5. The van der Waals surface area contributed by atoms with Crippen LogP contribution < -0.4 is 11.1 Å². The van der Waals surface area contributed by atoms with Gasteiger partial charge in [0.15, 0.2) is 0 Å². The maximum Gasteiger partial charge on any atom is 0.0614 e. The van der Waals surface area contributed by atoms with E-state index in [2.05, 4.69) is 19.2 Å². The average Bonchev–Trinajstić information content (AvgIpc) is 2.14. The molecular weight excluding hydrogens is 219 g/mol. The van der Waals surface area contributed by atoms with Gasteiger partial charge >= 0.3 is 0 Å². The lowest BCUT2D eigenvalue weighted by Crippen LogP contribution is -2.14. The largest absolute Gasteiger partial charge is 0.397 e. The summed E-state index contributed by atoms with van der Waals surface area (Å²) in [6.07, 6.45) is 1.03. The van der Waals surface area contributed by atoms with E-state index >= 15 is 0 Å². The lowest BCUT2D eigenvalue weighted by molar-refractivity contribution is 0.764. The molecule has 1 unspecified atom stereocenters. The van der Waals surface area contributed by atoms with Crippen LogP contribution in [0.25, 0.3) is 0 Å². The van der Waals surface area contributed by atoms with Crippen LogP contribution in [0.3, 0.4) is 0 Å². The molecule has 2 nitrogen and oxygen atoms in total. The number of anilines is 2. The first-order valence-electron chi connectivity index (χ1n) is 4.55. The van der Waals surface area contributed by atoms with Crippen LogP contribution in [0, 0.1) is 0 Å². The lowest BCUT2D eigenvalue weighted by atomic mass is 10.2. The van der Waals surface area contributed by atoms with Crippen molar-refractivity contribution >= 4 is 34.6 Å². The highest BCUT2D eigenvalue weighted by molar-refractivity contribution is 6.42. The van der Waals surface area contributed by atoms with Gasteiger partial charge in [-0.3, -0.25) is 0 Å². The number of nitrogens with one attached hydrogen (secondary N) is 1. The average molecular weight is 233 g/mol. The van der Waals surface area contributed by atoms with Crippen LogP contribution in [-0.4, -0.2) is 6.04 Å². The molecule has 3 N–H and O–H groups in total. The van der Waals surface area contributed by atoms with Crippen LogP contribution in [-0.2, 0) is 0 Å². The first-order chi connectivity index (χ1) is 6.54. The third kappa shape index (κ3) is 2.69. The molecule has 0 bridgehead atoms. The van der Waals surface area contributed by atoms with E-state index in [9.17, 15) is 0 Å². The normalized spacial score (nSPS) is 12.6. The molecule has 1 rings (SSSR count). The predicted octanol–water partition coefficient (Wildman–Crippen LogP) is 3.79. The van der Waals surface area contributed by atoms with E-state index in [1.807, 2.05) is 0 Å². The van der Waals surface area contributed by atoms with Gasteiger partial charge in [0.1, 0.15) is 0 Å². The summed E-state index contributed by atoms with van der Waals surface area (Å²) in [5.74, 6) is 0. The SMILES string of the molecule is CCC(C)Nc1cc(Cl)c(Cl)cc1N. The second-order valence-corrected chi connectivity index (χ2v) is 4.12. The molecule has 78 valence electrons. The summed E-state index contributed by atoms with van der Waals surface area (Å²) in [5, 5.41) is 4.26. The fraction of sp³-hybridized carbons (Fsp3) is 0.400. The summed E-state index contributed by atoms with van der Waals surface area (Å²) in [7, 11) is 0. The van der Waals surface area contributed by atoms with Crippen molar-refractivity contribution < 1.29 is 0 Å². The van der Waals surface area contributed by atoms with Crippen LogP contribution in [0.2, 0.25) is 10.0 Å². The summed E-state index contributed by atoms with van der Waals surface area (Å²) in [4.78, 5) is 0. The smallest absolute Gasteiger partial charge is 0.0614 e. The Labute approximate surface area is 94.4 Å². The van der Waals surface area contributed by atoms with Crippen LogP contribution in [0.1, 0.15) is 20.3 Å². The minimum atomic E-state index is 0.370. The maximum atomic E-state index is 5.88. The monoisotopic (exact) mass is 232 g/mol. The molecule has 0 heterocycles. The highest BCUT2D eigenvalue weighted by Crippen LogP contribution is 2.31. The molecule has 0 aliphatic heterocycles. The van der Waals surface area contributed by atoms with E-state index in [1.54, 1.807) is 12.1 Å². The van der Waals surface area contributed by atoms with Gasteiger partial charge in [0, 0.05) is 6.04 Å².